The number of para-hydroxylation sites is 1. The van der Waals surface area contributed by atoms with Crippen molar-refractivity contribution in [3.8, 4) is 10.8 Å². The van der Waals surface area contributed by atoms with E-state index >= 15 is 0 Å². The lowest BCUT2D eigenvalue weighted by Gasteiger charge is -2.12. The van der Waals surface area contributed by atoms with E-state index in [2.05, 4.69) is 26.7 Å². The molecular formula is C24H26IN5O2S. The molecule has 0 saturated carbocycles. The molecule has 0 atom stereocenters. The molecule has 2 N–H and O–H groups in total. The first-order valence-corrected chi connectivity index (χ1v) is 11.0. The number of nitrogens with zero attached hydrogens (tertiary/aromatic N) is 3. The Kier molecular flexibility index (Phi) is 8.45. The number of hydrogen-bond acceptors (Lipinski definition) is 5. The number of guanidine groups is 1. The van der Waals surface area contributed by atoms with Crippen molar-refractivity contribution in [2.24, 2.45) is 4.99 Å². The number of nitrogens with one attached hydrogen (secondary N) is 2. The van der Waals surface area contributed by atoms with E-state index in [1.165, 1.54) is 0 Å². The zero-order chi connectivity index (χ0) is 22.5. The van der Waals surface area contributed by atoms with Gasteiger partial charge in [-0.2, -0.15) is 0 Å². The van der Waals surface area contributed by atoms with Gasteiger partial charge in [-0.3, -0.25) is 9.79 Å². The van der Waals surface area contributed by atoms with Gasteiger partial charge < -0.3 is 20.0 Å². The summed E-state index contributed by atoms with van der Waals surface area (Å²) < 4.78 is 7.12. The lowest BCUT2D eigenvalue weighted by molar-refractivity contribution is 0.0827. The van der Waals surface area contributed by atoms with Crippen LogP contribution >= 0.6 is 35.3 Å². The van der Waals surface area contributed by atoms with Gasteiger partial charge in [-0.15, -0.1) is 35.3 Å². The maximum Gasteiger partial charge on any atom is 0.253 e. The molecule has 2 aromatic carbocycles. The molecule has 1 amide bonds. The van der Waals surface area contributed by atoms with Crippen molar-refractivity contribution in [1.29, 1.82) is 0 Å². The number of carbonyl (C=O) groups is 1. The minimum Gasteiger partial charge on any atom is -0.457 e. The van der Waals surface area contributed by atoms with E-state index in [0.717, 1.165) is 32.3 Å². The number of rotatable bonds is 6. The summed E-state index contributed by atoms with van der Waals surface area (Å²) in [6.07, 6.45) is 0. The molecule has 0 unspecified atom stereocenters. The second-order valence-electron chi connectivity index (χ2n) is 7.43. The number of thiazole rings is 1. The van der Waals surface area contributed by atoms with Crippen LogP contribution in [-0.4, -0.2) is 42.9 Å². The van der Waals surface area contributed by atoms with Crippen molar-refractivity contribution in [1.82, 2.24) is 20.5 Å². The highest BCUT2D eigenvalue weighted by Crippen LogP contribution is 2.31. The Balaban J connectivity index is 0.00000306. The van der Waals surface area contributed by atoms with Crippen molar-refractivity contribution in [2.45, 2.75) is 13.1 Å². The van der Waals surface area contributed by atoms with E-state index in [9.17, 15) is 4.79 Å². The number of hydrogen-bond donors (Lipinski definition) is 2. The molecule has 33 heavy (non-hydrogen) atoms. The highest BCUT2D eigenvalue weighted by Gasteiger charge is 2.11. The van der Waals surface area contributed by atoms with Crippen LogP contribution in [0.15, 0.2) is 70.1 Å². The molecule has 0 saturated heterocycles. The summed E-state index contributed by atoms with van der Waals surface area (Å²) in [6, 6.07) is 19.5. The van der Waals surface area contributed by atoms with Crippen molar-refractivity contribution >= 4 is 57.4 Å². The van der Waals surface area contributed by atoms with Crippen LogP contribution in [0.1, 0.15) is 21.7 Å². The number of benzene rings is 2. The van der Waals surface area contributed by atoms with E-state index < -0.39 is 0 Å². The minimum absolute atomic E-state index is 0. The number of amides is 1. The van der Waals surface area contributed by atoms with E-state index in [1.54, 1.807) is 37.4 Å². The van der Waals surface area contributed by atoms with E-state index in [-0.39, 0.29) is 29.9 Å². The van der Waals surface area contributed by atoms with Crippen LogP contribution in [0.3, 0.4) is 0 Å². The lowest BCUT2D eigenvalue weighted by Crippen LogP contribution is -2.36. The van der Waals surface area contributed by atoms with Crippen LogP contribution in [-0.2, 0) is 13.1 Å². The fourth-order valence-electron chi connectivity index (χ4n) is 3.17. The standard InChI is InChI=1S/C24H25N5O2S.HI/c1-25-24(26-14-16-8-10-17(11-9-16)23(30)29(2)3)27-15-18-12-13-20(31-18)22-28-19-6-4-5-7-21(19)32-22;/h4-13H,14-15H2,1-3H3,(H2,25,26,27);1H. The molecule has 2 aromatic heterocycles. The number of furan rings is 1. The predicted octanol–water partition coefficient (Wildman–Crippen LogP) is 4.74. The van der Waals surface area contributed by atoms with Gasteiger partial charge in [0.05, 0.1) is 16.8 Å². The predicted molar refractivity (Wildman–Crippen MR) is 144 cm³/mol. The lowest BCUT2D eigenvalue weighted by atomic mass is 10.1. The number of aliphatic imine (C=N–C) groups is 1. The van der Waals surface area contributed by atoms with Crippen molar-refractivity contribution < 1.29 is 9.21 Å². The minimum atomic E-state index is -0.00866. The molecule has 0 fully saturated rings. The van der Waals surface area contributed by atoms with Gasteiger partial charge in [0.1, 0.15) is 5.76 Å². The molecule has 0 radical (unpaired) electrons. The molecule has 0 aliphatic rings. The Labute approximate surface area is 213 Å². The molecule has 0 bridgehead atoms. The topological polar surface area (TPSA) is 82.8 Å². The monoisotopic (exact) mass is 575 g/mol. The number of aromatic nitrogens is 1. The maximum absolute atomic E-state index is 12.0. The summed E-state index contributed by atoms with van der Waals surface area (Å²) in [7, 11) is 5.21. The molecule has 7 nitrogen and oxygen atoms in total. The Morgan fingerprint density at radius 3 is 2.45 bits per heavy atom. The van der Waals surface area contributed by atoms with Crippen LogP contribution in [0, 0.1) is 0 Å². The maximum atomic E-state index is 12.0. The Bertz CT molecular complexity index is 1210. The molecule has 0 aliphatic carbocycles. The summed E-state index contributed by atoms with van der Waals surface area (Å²) in [6.45, 7) is 1.09. The molecule has 0 spiro atoms. The Hall–Kier alpha value is -2.92. The SMILES string of the molecule is CN=C(NCc1ccc(C(=O)N(C)C)cc1)NCc1ccc(-c2nc3ccccc3s2)o1.I. The zero-order valence-corrected chi connectivity index (χ0v) is 21.8. The largest absolute Gasteiger partial charge is 0.457 e. The van der Waals surface area contributed by atoms with Crippen LogP contribution in [0.5, 0.6) is 0 Å². The van der Waals surface area contributed by atoms with Gasteiger partial charge in [0.2, 0.25) is 0 Å². The Morgan fingerprint density at radius 2 is 1.76 bits per heavy atom. The second kappa shape index (κ2) is 11.3. The molecule has 4 aromatic rings. The number of fused-ring (bicyclic) bond motifs is 1. The highest BCUT2D eigenvalue weighted by atomic mass is 127. The van der Waals surface area contributed by atoms with E-state index in [0.29, 0.717) is 24.6 Å². The first kappa shape index (κ1) is 24.7. The first-order chi connectivity index (χ1) is 15.5. The summed E-state index contributed by atoms with van der Waals surface area (Å²) in [5.41, 5.74) is 2.70. The molecular weight excluding hydrogens is 549 g/mol. The first-order valence-electron chi connectivity index (χ1n) is 10.2. The normalized spacial score (nSPS) is 11.2. The highest BCUT2D eigenvalue weighted by molar-refractivity contribution is 14.0. The quantitative estimate of drug-likeness (QED) is 0.197. The van der Waals surface area contributed by atoms with Gasteiger partial charge in [0, 0.05) is 33.3 Å². The summed E-state index contributed by atoms with van der Waals surface area (Å²) in [5, 5.41) is 7.41. The van der Waals surface area contributed by atoms with E-state index in [4.69, 9.17) is 4.42 Å². The van der Waals surface area contributed by atoms with Gasteiger partial charge in [-0.1, -0.05) is 24.3 Å². The average Bonchev–Trinajstić information content (AvgIpc) is 3.46. The molecule has 0 aliphatic heterocycles. The molecule has 2 heterocycles. The third-order valence-electron chi connectivity index (χ3n) is 4.89. The fraction of sp³-hybridized carbons (Fsp3) is 0.208. The van der Waals surface area contributed by atoms with Gasteiger partial charge in [-0.05, 0) is 42.0 Å². The van der Waals surface area contributed by atoms with Crippen molar-refractivity contribution in [3.05, 3.63) is 77.6 Å². The third-order valence-corrected chi connectivity index (χ3v) is 5.94. The van der Waals surface area contributed by atoms with Crippen LogP contribution in [0.25, 0.3) is 21.0 Å². The van der Waals surface area contributed by atoms with Crippen molar-refractivity contribution in [2.75, 3.05) is 21.1 Å². The van der Waals surface area contributed by atoms with Crippen molar-refractivity contribution in [3.63, 3.8) is 0 Å². The van der Waals surface area contributed by atoms with Gasteiger partial charge >= 0.3 is 0 Å². The van der Waals surface area contributed by atoms with Gasteiger partial charge in [0.25, 0.3) is 5.91 Å². The van der Waals surface area contributed by atoms with Gasteiger partial charge in [0.15, 0.2) is 16.7 Å². The Morgan fingerprint density at radius 1 is 1.03 bits per heavy atom. The molecule has 172 valence electrons. The number of halogens is 1. The molecule has 4 rings (SSSR count). The van der Waals surface area contributed by atoms with Crippen LogP contribution in [0.4, 0.5) is 0 Å². The summed E-state index contributed by atoms with van der Waals surface area (Å²) in [5.74, 6) is 2.22. The summed E-state index contributed by atoms with van der Waals surface area (Å²) >= 11 is 1.62. The molecule has 9 heteroatoms. The second-order valence-corrected chi connectivity index (χ2v) is 8.46. The third kappa shape index (κ3) is 6.11. The fourth-order valence-corrected chi connectivity index (χ4v) is 4.09. The van der Waals surface area contributed by atoms with E-state index in [1.807, 2.05) is 54.6 Å². The van der Waals surface area contributed by atoms with Crippen LogP contribution in [0.2, 0.25) is 0 Å². The average molecular weight is 575 g/mol. The smallest absolute Gasteiger partial charge is 0.253 e. The van der Waals surface area contributed by atoms with Crippen LogP contribution < -0.4 is 10.6 Å². The summed E-state index contributed by atoms with van der Waals surface area (Å²) in [4.78, 5) is 22.5. The number of carbonyl (C=O) groups excluding carboxylic acids is 1. The van der Waals surface area contributed by atoms with Gasteiger partial charge in [-0.25, -0.2) is 4.98 Å². The zero-order valence-electron chi connectivity index (χ0n) is 18.7.